The summed E-state index contributed by atoms with van der Waals surface area (Å²) in [5.41, 5.74) is 0.365. The normalized spacial score (nSPS) is 20.8. The largest absolute Gasteiger partial charge is 0.511 e. The molecule has 1 aliphatic heterocycles. The predicted octanol–water partition coefficient (Wildman–Crippen LogP) is 6.72. The van der Waals surface area contributed by atoms with Crippen LogP contribution in [0.2, 0.25) is 0 Å². The summed E-state index contributed by atoms with van der Waals surface area (Å²) < 4.78 is 39.3. The van der Waals surface area contributed by atoms with Crippen LogP contribution in [0.1, 0.15) is 89.7 Å². The van der Waals surface area contributed by atoms with Crippen LogP contribution in [0.15, 0.2) is 45.2 Å². The van der Waals surface area contributed by atoms with Gasteiger partial charge >= 0.3 is 16.1 Å². The van der Waals surface area contributed by atoms with Gasteiger partial charge in [-0.05, 0) is 73.1 Å². The van der Waals surface area contributed by atoms with Crippen LogP contribution in [0, 0.1) is 18.8 Å². The molecule has 5 rings (SSSR count). The number of cyclic esters (lactones) is 1. The third kappa shape index (κ3) is 5.53. The monoisotopic (exact) mass is 588 g/mol. The molecular weight excluding hydrogens is 548 g/mol. The summed E-state index contributed by atoms with van der Waals surface area (Å²) in [6.45, 7) is 7.80. The van der Waals surface area contributed by atoms with Crippen LogP contribution in [0.5, 0.6) is 5.75 Å². The van der Waals surface area contributed by atoms with Crippen molar-refractivity contribution in [3.63, 3.8) is 0 Å². The third-order valence-corrected chi connectivity index (χ3v) is 11.0. The molecule has 2 heterocycles. The van der Waals surface area contributed by atoms with Gasteiger partial charge in [-0.1, -0.05) is 58.2 Å². The topological polar surface area (TPSA) is 108 Å². The van der Waals surface area contributed by atoms with E-state index in [-0.39, 0.29) is 33.3 Å². The number of esters is 1. The minimum atomic E-state index is -4.13. The highest BCUT2D eigenvalue weighted by Gasteiger charge is 2.53. The fourth-order valence-electron chi connectivity index (χ4n) is 6.64. The van der Waals surface area contributed by atoms with E-state index in [2.05, 4.69) is 4.98 Å². The molecule has 2 saturated carbocycles. The van der Waals surface area contributed by atoms with E-state index in [0.29, 0.717) is 12.0 Å². The minimum Gasteiger partial charge on any atom is -0.511 e. The molecule has 8 nitrogen and oxygen atoms in total. The van der Waals surface area contributed by atoms with E-state index in [9.17, 15) is 18.3 Å². The molecule has 40 heavy (non-hydrogen) atoms. The first-order chi connectivity index (χ1) is 18.8. The van der Waals surface area contributed by atoms with Crippen molar-refractivity contribution in [1.82, 2.24) is 9.55 Å². The Hall–Kier alpha value is -2.46. The lowest BCUT2D eigenvalue weighted by atomic mass is 9.71. The number of nitrogens with zero attached hydrogens (tertiary/aromatic N) is 2. The molecule has 2 aliphatic carbocycles. The SMILES string of the molecule is Cc1cc(SC2=C(O)CC(C3CCCC3)(C3CCCC3)OC2=O)c(C(C)(C)C)cc1OS(=O)(=O)c1cn(C)cn1. The molecule has 1 aromatic heterocycles. The Balaban J connectivity index is 1.48. The first kappa shape index (κ1) is 29.0. The van der Waals surface area contributed by atoms with Crippen LogP contribution < -0.4 is 4.18 Å². The fraction of sp³-hybridized carbons (Fsp3) is 0.600. The van der Waals surface area contributed by atoms with E-state index in [1.54, 1.807) is 24.6 Å². The zero-order chi connectivity index (χ0) is 28.9. The summed E-state index contributed by atoms with van der Waals surface area (Å²) in [4.78, 5) is 18.5. The Labute approximate surface area is 241 Å². The molecule has 2 aromatic rings. The molecule has 0 unspecified atom stereocenters. The van der Waals surface area contributed by atoms with Gasteiger partial charge in [0.25, 0.3) is 0 Å². The van der Waals surface area contributed by atoms with Crippen molar-refractivity contribution >= 4 is 27.8 Å². The van der Waals surface area contributed by atoms with Gasteiger partial charge in [-0.15, -0.1) is 0 Å². The molecule has 1 N–H and O–H groups in total. The summed E-state index contributed by atoms with van der Waals surface area (Å²) in [5, 5.41) is 11.2. The van der Waals surface area contributed by atoms with Crippen molar-refractivity contribution in [3.8, 4) is 5.75 Å². The number of imidazole rings is 1. The van der Waals surface area contributed by atoms with Crippen LogP contribution in [-0.2, 0) is 32.1 Å². The van der Waals surface area contributed by atoms with E-state index >= 15 is 0 Å². The van der Waals surface area contributed by atoms with Crippen molar-refractivity contribution < 1.29 is 27.2 Å². The number of aliphatic hydroxyl groups excluding tert-OH is 1. The quantitative estimate of drug-likeness (QED) is 0.281. The average Bonchev–Trinajstić information content (AvgIpc) is 3.65. The minimum absolute atomic E-state index is 0.107. The standard InChI is InChI=1S/C30H40N2O6S2/c1-19-14-25(22(29(2,3)4)15-24(19)38-40(35,36)26-17-32(5)18-31-26)39-27-23(33)16-30(37-28(27)34,20-10-6-7-11-20)21-12-8-9-13-21/h14-15,17-18,20-21,33H,6-13,16H2,1-5H3. The number of aromatic nitrogens is 2. The van der Waals surface area contributed by atoms with Crippen LogP contribution in [0.4, 0.5) is 0 Å². The highest BCUT2D eigenvalue weighted by Crippen LogP contribution is 2.53. The summed E-state index contributed by atoms with van der Waals surface area (Å²) in [6, 6.07) is 3.53. The van der Waals surface area contributed by atoms with E-state index in [1.807, 2.05) is 26.8 Å². The van der Waals surface area contributed by atoms with Gasteiger partial charge in [-0.2, -0.15) is 8.42 Å². The number of thioether (sulfide) groups is 1. The summed E-state index contributed by atoms with van der Waals surface area (Å²) in [6.07, 6.45) is 11.9. The highest BCUT2D eigenvalue weighted by atomic mass is 32.2. The average molecular weight is 589 g/mol. The highest BCUT2D eigenvalue weighted by molar-refractivity contribution is 8.04. The Kier molecular flexibility index (Phi) is 7.80. The lowest BCUT2D eigenvalue weighted by Gasteiger charge is -2.45. The van der Waals surface area contributed by atoms with Crippen LogP contribution in [0.3, 0.4) is 0 Å². The maximum absolute atomic E-state index is 13.6. The molecule has 1 aromatic carbocycles. The maximum Gasteiger partial charge on any atom is 0.358 e. The lowest BCUT2D eigenvalue weighted by Crippen LogP contribution is -2.50. The fourth-order valence-corrected chi connectivity index (χ4v) is 8.86. The van der Waals surface area contributed by atoms with E-state index < -0.39 is 27.1 Å². The molecular formula is C30H40N2O6S2. The Bertz CT molecular complexity index is 1410. The van der Waals surface area contributed by atoms with E-state index in [0.717, 1.165) is 61.8 Å². The first-order valence-electron chi connectivity index (χ1n) is 14.2. The second-order valence-electron chi connectivity index (χ2n) is 12.6. The number of aliphatic hydroxyl groups is 1. The molecule has 0 amide bonds. The van der Waals surface area contributed by atoms with Gasteiger partial charge in [0.15, 0.2) is 0 Å². The summed E-state index contributed by atoms with van der Waals surface area (Å²) >= 11 is 1.20. The number of rotatable bonds is 7. The van der Waals surface area contributed by atoms with Crippen molar-refractivity contribution in [3.05, 3.63) is 46.4 Å². The van der Waals surface area contributed by atoms with Gasteiger partial charge < -0.3 is 18.6 Å². The zero-order valence-corrected chi connectivity index (χ0v) is 25.7. The Morgan fingerprint density at radius 1 is 1.10 bits per heavy atom. The summed E-state index contributed by atoms with van der Waals surface area (Å²) in [7, 11) is -2.44. The number of ether oxygens (including phenoxy) is 1. The van der Waals surface area contributed by atoms with Crippen molar-refractivity contribution in [2.45, 2.75) is 106 Å². The lowest BCUT2D eigenvalue weighted by molar-refractivity contribution is -0.174. The molecule has 0 spiro atoms. The zero-order valence-electron chi connectivity index (χ0n) is 24.0. The number of aryl methyl sites for hydroxylation is 2. The third-order valence-electron chi connectivity index (χ3n) is 8.70. The van der Waals surface area contributed by atoms with Crippen LogP contribution in [-0.4, -0.2) is 34.6 Å². The first-order valence-corrected chi connectivity index (χ1v) is 16.4. The molecule has 0 radical (unpaired) electrons. The van der Waals surface area contributed by atoms with Gasteiger partial charge in [0.2, 0.25) is 5.03 Å². The van der Waals surface area contributed by atoms with Gasteiger partial charge in [-0.25, -0.2) is 9.78 Å². The van der Waals surface area contributed by atoms with Crippen molar-refractivity contribution in [1.29, 1.82) is 0 Å². The second kappa shape index (κ2) is 10.7. The summed E-state index contributed by atoms with van der Waals surface area (Å²) in [5.74, 6) is 0.431. The number of hydrogen-bond acceptors (Lipinski definition) is 8. The van der Waals surface area contributed by atoms with Crippen molar-refractivity contribution in [2.75, 3.05) is 0 Å². The Morgan fingerprint density at radius 3 is 2.20 bits per heavy atom. The predicted molar refractivity (Wildman–Crippen MR) is 154 cm³/mol. The van der Waals surface area contributed by atoms with E-state index in [1.165, 1.54) is 24.3 Å². The smallest absolute Gasteiger partial charge is 0.358 e. The van der Waals surface area contributed by atoms with Crippen molar-refractivity contribution in [2.24, 2.45) is 18.9 Å². The molecule has 0 saturated heterocycles. The molecule has 3 aliphatic rings. The van der Waals surface area contributed by atoms with Crippen LogP contribution >= 0.6 is 11.8 Å². The molecule has 218 valence electrons. The molecule has 2 fully saturated rings. The van der Waals surface area contributed by atoms with E-state index in [4.69, 9.17) is 8.92 Å². The number of carbonyl (C=O) groups excluding carboxylic acids is 1. The number of hydrogen-bond donors (Lipinski definition) is 1. The Morgan fingerprint density at radius 2 is 1.70 bits per heavy atom. The molecule has 0 atom stereocenters. The van der Waals surface area contributed by atoms with Gasteiger partial charge in [0.1, 0.15) is 22.0 Å². The number of carbonyl (C=O) groups is 1. The van der Waals surface area contributed by atoms with Gasteiger partial charge in [-0.3, -0.25) is 0 Å². The van der Waals surface area contributed by atoms with Crippen LogP contribution in [0.25, 0.3) is 0 Å². The van der Waals surface area contributed by atoms with Gasteiger partial charge in [0, 0.05) is 24.6 Å². The second-order valence-corrected chi connectivity index (χ2v) is 15.2. The van der Waals surface area contributed by atoms with Gasteiger partial charge in [0.05, 0.1) is 6.33 Å². The maximum atomic E-state index is 13.6. The molecule has 0 bridgehead atoms. The number of benzene rings is 1. The molecule has 10 heteroatoms.